The van der Waals surface area contributed by atoms with E-state index in [0.717, 1.165) is 23.0 Å². The van der Waals surface area contributed by atoms with Gasteiger partial charge in [-0.25, -0.2) is 9.97 Å². The molecule has 0 unspecified atom stereocenters. The summed E-state index contributed by atoms with van der Waals surface area (Å²) in [5.74, 6) is 2.88. The van der Waals surface area contributed by atoms with Crippen LogP contribution in [0.4, 0.5) is 23.0 Å². The molecule has 0 spiro atoms. The molecule has 2 aromatic heterocycles. The molecule has 0 radical (unpaired) electrons. The molecule has 2 aromatic rings. The molecule has 2 heterocycles. The molecule has 0 aromatic carbocycles. The third kappa shape index (κ3) is 5.44. The standard InChI is InChI=1S/C27H38N6/c1-32(2)26-23(16-11-17-28-26)30-19-31-25-24(21-14-9-6-10-15-21)22(18-29-27(25)33(3)4)20-12-7-5-8-13-20/h11,16-18,20-21H,5-10,12-15H2,1-4H3. The quantitative estimate of drug-likeness (QED) is 0.456. The first-order chi connectivity index (χ1) is 16.1. The fraction of sp³-hybridized carbons (Fsp3) is 0.593. The summed E-state index contributed by atoms with van der Waals surface area (Å²) >= 11 is 0. The molecule has 0 aliphatic heterocycles. The van der Waals surface area contributed by atoms with Gasteiger partial charge in [-0.15, -0.1) is 0 Å². The lowest BCUT2D eigenvalue weighted by Gasteiger charge is -2.31. The normalized spacial score (nSPS) is 17.3. The zero-order chi connectivity index (χ0) is 23.2. The number of hydrogen-bond donors (Lipinski definition) is 0. The minimum absolute atomic E-state index is 0.550. The van der Waals surface area contributed by atoms with Crippen LogP contribution < -0.4 is 9.80 Å². The van der Waals surface area contributed by atoms with Crippen LogP contribution in [0.15, 0.2) is 34.5 Å². The van der Waals surface area contributed by atoms with Gasteiger partial charge in [0.25, 0.3) is 0 Å². The van der Waals surface area contributed by atoms with Gasteiger partial charge in [0.2, 0.25) is 0 Å². The first kappa shape index (κ1) is 23.4. The number of anilines is 2. The van der Waals surface area contributed by atoms with Crippen molar-refractivity contribution in [3.05, 3.63) is 35.7 Å². The van der Waals surface area contributed by atoms with Crippen molar-refractivity contribution < 1.29 is 0 Å². The van der Waals surface area contributed by atoms with Crippen LogP contribution in [0.3, 0.4) is 0 Å². The van der Waals surface area contributed by atoms with Gasteiger partial charge in [0.1, 0.15) is 17.4 Å². The van der Waals surface area contributed by atoms with E-state index in [1.54, 1.807) is 6.20 Å². The maximum atomic E-state index is 4.91. The molecule has 2 aliphatic rings. The number of aromatic nitrogens is 2. The Morgan fingerprint density at radius 3 is 2.06 bits per heavy atom. The molecular formula is C27H38N6. The van der Waals surface area contributed by atoms with Crippen LogP contribution in [0.2, 0.25) is 0 Å². The second-order valence-corrected chi connectivity index (χ2v) is 9.93. The van der Waals surface area contributed by atoms with Crippen LogP contribution in [0.25, 0.3) is 0 Å². The number of nitrogens with zero attached hydrogens (tertiary/aromatic N) is 6. The van der Waals surface area contributed by atoms with Gasteiger partial charge in [0.05, 0.1) is 0 Å². The lowest BCUT2D eigenvalue weighted by molar-refractivity contribution is 0.418. The minimum atomic E-state index is 0.550. The highest BCUT2D eigenvalue weighted by atomic mass is 15.2. The van der Waals surface area contributed by atoms with E-state index in [1.165, 1.54) is 75.3 Å². The molecule has 0 amide bonds. The highest BCUT2D eigenvalue weighted by molar-refractivity contribution is 5.74. The van der Waals surface area contributed by atoms with E-state index in [0.29, 0.717) is 11.8 Å². The summed E-state index contributed by atoms with van der Waals surface area (Å²) in [4.78, 5) is 22.9. The van der Waals surface area contributed by atoms with Gasteiger partial charge in [0, 0.05) is 40.6 Å². The highest BCUT2D eigenvalue weighted by Crippen LogP contribution is 2.47. The van der Waals surface area contributed by atoms with Gasteiger partial charge >= 0.3 is 0 Å². The van der Waals surface area contributed by atoms with Gasteiger partial charge in [-0.2, -0.15) is 9.98 Å². The number of aliphatic imine (C=N–C) groups is 2. The number of hydrogen-bond acceptors (Lipinski definition) is 6. The van der Waals surface area contributed by atoms with E-state index in [9.17, 15) is 0 Å². The van der Waals surface area contributed by atoms with E-state index in [-0.39, 0.29) is 0 Å². The van der Waals surface area contributed by atoms with Crippen LogP contribution in [0, 0.1) is 0 Å². The van der Waals surface area contributed by atoms with Crippen LogP contribution in [-0.2, 0) is 0 Å². The SMILES string of the molecule is CN(C)c1ncccc1N=C=Nc1c(N(C)C)ncc(C2CCCCC2)c1C1CCCCC1. The lowest BCUT2D eigenvalue weighted by atomic mass is 9.76. The number of rotatable bonds is 6. The van der Waals surface area contributed by atoms with Crippen molar-refractivity contribution in [3.8, 4) is 0 Å². The molecule has 4 rings (SSSR count). The van der Waals surface area contributed by atoms with Crippen molar-refractivity contribution in [2.75, 3.05) is 38.0 Å². The highest BCUT2D eigenvalue weighted by Gasteiger charge is 2.29. The third-order valence-corrected chi connectivity index (χ3v) is 7.11. The maximum absolute atomic E-state index is 4.91. The molecule has 0 atom stereocenters. The van der Waals surface area contributed by atoms with Gasteiger partial charge in [-0.1, -0.05) is 38.5 Å². The van der Waals surface area contributed by atoms with Crippen molar-refractivity contribution in [1.82, 2.24) is 9.97 Å². The fourth-order valence-corrected chi connectivity index (χ4v) is 5.46. The maximum Gasteiger partial charge on any atom is 0.155 e. The first-order valence-electron chi connectivity index (χ1n) is 12.5. The Kier molecular flexibility index (Phi) is 7.77. The summed E-state index contributed by atoms with van der Waals surface area (Å²) in [6, 6.07) is 6.89. The number of pyridine rings is 2. The fourth-order valence-electron chi connectivity index (χ4n) is 5.46. The molecule has 33 heavy (non-hydrogen) atoms. The van der Waals surface area contributed by atoms with E-state index in [1.807, 2.05) is 31.1 Å². The Morgan fingerprint density at radius 1 is 0.788 bits per heavy atom. The molecule has 2 saturated carbocycles. The van der Waals surface area contributed by atoms with Crippen molar-refractivity contribution in [2.45, 2.75) is 76.0 Å². The summed E-state index contributed by atoms with van der Waals surface area (Å²) < 4.78 is 0. The summed E-state index contributed by atoms with van der Waals surface area (Å²) in [5, 5.41) is 0. The average molecular weight is 447 g/mol. The summed E-state index contributed by atoms with van der Waals surface area (Å²) in [6.07, 6.45) is 16.9. The molecule has 0 N–H and O–H groups in total. The Balaban J connectivity index is 1.83. The molecular weight excluding hydrogens is 408 g/mol. The zero-order valence-corrected chi connectivity index (χ0v) is 20.7. The molecule has 6 heteroatoms. The van der Waals surface area contributed by atoms with Gasteiger partial charge in [-0.3, -0.25) is 0 Å². The van der Waals surface area contributed by atoms with Crippen molar-refractivity contribution in [3.63, 3.8) is 0 Å². The Hall–Kier alpha value is -2.72. The second kappa shape index (κ2) is 10.9. The van der Waals surface area contributed by atoms with Crippen molar-refractivity contribution in [1.29, 1.82) is 0 Å². The molecule has 0 saturated heterocycles. The van der Waals surface area contributed by atoms with Crippen molar-refractivity contribution >= 4 is 29.0 Å². The van der Waals surface area contributed by atoms with Crippen molar-refractivity contribution in [2.24, 2.45) is 9.98 Å². The Morgan fingerprint density at radius 2 is 1.42 bits per heavy atom. The van der Waals surface area contributed by atoms with Gasteiger partial charge < -0.3 is 9.80 Å². The summed E-state index contributed by atoms with van der Waals surface area (Å²) in [5.41, 5.74) is 4.59. The summed E-state index contributed by atoms with van der Waals surface area (Å²) in [7, 11) is 8.05. The van der Waals surface area contributed by atoms with Crippen LogP contribution >= 0.6 is 0 Å². The largest absolute Gasteiger partial charge is 0.361 e. The Labute approximate surface area is 198 Å². The lowest BCUT2D eigenvalue weighted by Crippen LogP contribution is -2.17. The first-order valence-corrected chi connectivity index (χ1v) is 12.5. The van der Waals surface area contributed by atoms with E-state index in [2.05, 4.69) is 41.2 Å². The minimum Gasteiger partial charge on any atom is -0.361 e. The monoisotopic (exact) mass is 446 g/mol. The topological polar surface area (TPSA) is 57.0 Å². The van der Waals surface area contributed by atoms with Crippen LogP contribution in [0.5, 0.6) is 0 Å². The smallest absolute Gasteiger partial charge is 0.155 e. The Bertz CT molecular complexity index is 994. The predicted octanol–water partition coefficient (Wildman–Crippen LogP) is 6.84. The second-order valence-electron chi connectivity index (χ2n) is 9.93. The molecule has 2 fully saturated rings. The average Bonchev–Trinajstić information content (AvgIpc) is 2.84. The molecule has 176 valence electrons. The van der Waals surface area contributed by atoms with E-state index < -0.39 is 0 Å². The molecule has 2 aliphatic carbocycles. The predicted molar refractivity (Wildman–Crippen MR) is 138 cm³/mol. The third-order valence-electron chi connectivity index (χ3n) is 7.11. The van der Waals surface area contributed by atoms with Gasteiger partial charge in [-0.05, 0) is 60.8 Å². The van der Waals surface area contributed by atoms with Gasteiger partial charge in [0.15, 0.2) is 11.6 Å². The van der Waals surface area contributed by atoms with E-state index >= 15 is 0 Å². The van der Waals surface area contributed by atoms with Crippen LogP contribution in [0.1, 0.15) is 87.2 Å². The molecule has 0 bridgehead atoms. The van der Waals surface area contributed by atoms with E-state index in [4.69, 9.17) is 9.98 Å². The van der Waals surface area contributed by atoms with Crippen LogP contribution in [-0.4, -0.2) is 44.2 Å². The molecule has 6 nitrogen and oxygen atoms in total. The zero-order valence-electron chi connectivity index (χ0n) is 20.7. The summed E-state index contributed by atoms with van der Waals surface area (Å²) in [6.45, 7) is 0.